The SMILES string of the molecule is COC(=O)C(CC#Cc1ccccc1)(CC1=CC2C=CC1C2)C(=O)OC. The first-order valence-corrected chi connectivity index (χ1v) is 8.69. The van der Waals surface area contributed by atoms with Gasteiger partial charge in [0.15, 0.2) is 5.41 Å². The molecule has 0 N–H and O–H groups in total. The molecule has 1 aromatic carbocycles. The first kappa shape index (κ1) is 18.0. The van der Waals surface area contributed by atoms with Gasteiger partial charge in [-0.15, -0.1) is 0 Å². The minimum atomic E-state index is -1.44. The number of fused-ring (bicyclic) bond motifs is 2. The Kier molecular flexibility index (Phi) is 5.27. The smallest absolute Gasteiger partial charge is 0.324 e. The molecule has 26 heavy (non-hydrogen) atoms. The van der Waals surface area contributed by atoms with Gasteiger partial charge in [-0.1, -0.05) is 53.8 Å². The third kappa shape index (κ3) is 3.43. The van der Waals surface area contributed by atoms with Crippen LogP contribution in [0.25, 0.3) is 0 Å². The van der Waals surface area contributed by atoms with E-state index >= 15 is 0 Å². The largest absolute Gasteiger partial charge is 0.468 e. The second-order valence-corrected chi connectivity index (χ2v) is 6.72. The Bertz CT molecular complexity index is 792. The molecule has 0 radical (unpaired) electrons. The fourth-order valence-corrected chi connectivity index (χ4v) is 3.71. The van der Waals surface area contributed by atoms with E-state index in [1.54, 1.807) is 0 Å². The highest BCUT2D eigenvalue weighted by Crippen LogP contribution is 2.45. The topological polar surface area (TPSA) is 52.6 Å². The molecule has 0 fully saturated rings. The maximum Gasteiger partial charge on any atom is 0.324 e. The lowest BCUT2D eigenvalue weighted by molar-refractivity contribution is -0.168. The molecule has 0 heterocycles. The van der Waals surface area contributed by atoms with E-state index in [2.05, 4.69) is 30.1 Å². The molecule has 0 spiro atoms. The van der Waals surface area contributed by atoms with Crippen LogP contribution < -0.4 is 0 Å². The van der Waals surface area contributed by atoms with E-state index in [0.29, 0.717) is 5.92 Å². The first-order chi connectivity index (χ1) is 12.6. The summed E-state index contributed by atoms with van der Waals surface area (Å²) in [5, 5.41) is 0. The average molecular weight is 350 g/mol. The van der Waals surface area contributed by atoms with Crippen molar-refractivity contribution in [3.63, 3.8) is 0 Å². The summed E-state index contributed by atoms with van der Waals surface area (Å²) in [5.74, 6) is 5.51. The monoisotopic (exact) mass is 350 g/mol. The lowest BCUT2D eigenvalue weighted by Gasteiger charge is -2.28. The van der Waals surface area contributed by atoms with Crippen LogP contribution >= 0.6 is 0 Å². The predicted octanol–water partition coefficient (Wildman–Crippen LogP) is 3.28. The van der Waals surface area contributed by atoms with E-state index in [4.69, 9.17) is 9.47 Å². The van der Waals surface area contributed by atoms with E-state index in [1.807, 2.05) is 30.3 Å². The number of hydrogen-bond acceptors (Lipinski definition) is 4. The Morgan fingerprint density at radius 3 is 2.35 bits per heavy atom. The van der Waals surface area contributed by atoms with Crippen LogP contribution in [0.2, 0.25) is 0 Å². The molecule has 4 heteroatoms. The maximum absolute atomic E-state index is 12.6. The lowest BCUT2D eigenvalue weighted by Crippen LogP contribution is -2.41. The molecule has 3 rings (SSSR count). The van der Waals surface area contributed by atoms with Crippen molar-refractivity contribution in [2.45, 2.75) is 19.3 Å². The van der Waals surface area contributed by atoms with Crippen molar-refractivity contribution in [1.29, 1.82) is 0 Å². The van der Waals surface area contributed by atoms with Gasteiger partial charge in [-0.25, -0.2) is 0 Å². The molecule has 2 aliphatic rings. The van der Waals surface area contributed by atoms with Gasteiger partial charge in [0.1, 0.15) is 0 Å². The number of carbonyl (C=O) groups excluding carboxylic acids is 2. The molecule has 2 aliphatic carbocycles. The fraction of sp³-hybridized carbons (Fsp3) is 0.364. The highest BCUT2D eigenvalue weighted by atomic mass is 16.5. The van der Waals surface area contributed by atoms with E-state index in [0.717, 1.165) is 17.6 Å². The van der Waals surface area contributed by atoms with E-state index < -0.39 is 17.4 Å². The molecular formula is C22H22O4. The summed E-state index contributed by atoms with van der Waals surface area (Å²) >= 11 is 0. The van der Waals surface area contributed by atoms with E-state index in [9.17, 15) is 9.59 Å². The molecule has 2 atom stereocenters. The lowest BCUT2D eigenvalue weighted by atomic mass is 9.76. The van der Waals surface area contributed by atoms with Gasteiger partial charge in [-0.2, -0.15) is 0 Å². The number of rotatable bonds is 5. The number of carbonyl (C=O) groups is 2. The number of benzene rings is 1. The number of esters is 2. The van der Waals surface area contributed by atoms with Crippen molar-refractivity contribution < 1.29 is 19.1 Å². The molecular weight excluding hydrogens is 328 g/mol. The van der Waals surface area contributed by atoms with Crippen LogP contribution in [0.15, 0.2) is 54.1 Å². The fourth-order valence-electron chi connectivity index (χ4n) is 3.71. The Balaban J connectivity index is 1.89. The van der Waals surface area contributed by atoms with Gasteiger partial charge in [0.25, 0.3) is 0 Å². The molecule has 0 aromatic heterocycles. The maximum atomic E-state index is 12.6. The first-order valence-electron chi connectivity index (χ1n) is 8.69. The summed E-state index contributed by atoms with van der Waals surface area (Å²) in [7, 11) is 2.58. The molecule has 1 aromatic rings. The average Bonchev–Trinajstić information content (AvgIpc) is 3.29. The summed E-state index contributed by atoms with van der Waals surface area (Å²) in [5.41, 5.74) is 0.489. The highest BCUT2D eigenvalue weighted by molar-refractivity contribution is 6.00. The van der Waals surface area contributed by atoms with Crippen molar-refractivity contribution in [3.05, 3.63) is 59.7 Å². The summed E-state index contributed by atoms with van der Waals surface area (Å²) in [6, 6.07) is 9.46. The van der Waals surface area contributed by atoms with Gasteiger partial charge in [0, 0.05) is 12.0 Å². The number of methoxy groups -OCH3 is 2. The van der Waals surface area contributed by atoms with Crippen LogP contribution in [0, 0.1) is 29.1 Å². The van der Waals surface area contributed by atoms with Crippen molar-refractivity contribution in [3.8, 4) is 11.8 Å². The van der Waals surface area contributed by atoms with Crippen molar-refractivity contribution >= 4 is 11.9 Å². The van der Waals surface area contributed by atoms with Crippen molar-refractivity contribution in [2.24, 2.45) is 17.3 Å². The number of ether oxygens (including phenoxy) is 2. The molecule has 0 saturated heterocycles. The van der Waals surface area contributed by atoms with Gasteiger partial charge in [0.2, 0.25) is 0 Å². The molecule has 0 saturated carbocycles. The minimum absolute atomic E-state index is 0.0552. The Labute approximate surface area is 153 Å². The van der Waals surface area contributed by atoms with Gasteiger partial charge in [-0.05, 0) is 36.8 Å². The van der Waals surface area contributed by atoms with Gasteiger partial charge in [0.05, 0.1) is 14.2 Å². The van der Waals surface area contributed by atoms with Crippen molar-refractivity contribution in [2.75, 3.05) is 14.2 Å². The second-order valence-electron chi connectivity index (χ2n) is 6.72. The highest BCUT2D eigenvalue weighted by Gasteiger charge is 2.50. The molecule has 134 valence electrons. The second kappa shape index (κ2) is 7.61. The standard InChI is InChI=1S/C22H22O4/c1-25-20(23)22(21(24)26-2,12-6-9-16-7-4-3-5-8-16)15-19-14-17-10-11-18(19)13-17/h3-5,7-8,10-11,14,17-18H,12-13,15H2,1-2H3. The molecule has 2 bridgehead atoms. The third-order valence-corrected chi connectivity index (χ3v) is 5.08. The minimum Gasteiger partial charge on any atom is -0.468 e. The van der Waals surface area contributed by atoms with Crippen LogP contribution in [-0.2, 0) is 19.1 Å². The third-order valence-electron chi connectivity index (χ3n) is 5.08. The summed E-state index contributed by atoms with van der Waals surface area (Å²) in [4.78, 5) is 25.3. The Hall–Kier alpha value is -2.80. The van der Waals surface area contributed by atoms with Crippen LogP contribution in [-0.4, -0.2) is 26.2 Å². The number of allylic oxidation sites excluding steroid dienone is 4. The quantitative estimate of drug-likeness (QED) is 0.354. The van der Waals surface area contributed by atoms with E-state index in [1.165, 1.54) is 14.2 Å². The summed E-state index contributed by atoms with van der Waals surface area (Å²) in [6.07, 6.45) is 7.82. The van der Waals surface area contributed by atoms with Gasteiger partial charge < -0.3 is 9.47 Å². The molecule has 2 unspecified atom stereocenters. The normalized spacial score (nSPS) is 20.2. The Morgan fingerprint density at radius 1 is 1.12 bits per heavy atom. The van der Waals surface area contributed by atoms with Crippen LogP contribution in [0.4, 0.5) is 0 Å². The van der Waals surface area contributed by atoms with E-state index in [-0.39, 0.29) is 18.8 Å². The predicted molar refractivity (Wildman–Crippen MR) is 97.8 cm³/mol. The summed E-state index contributed by atoms with van der Waals surface area (Å²) in [6.45, 7) is 0. The molecule has 0 aliphatic heterocycles. The summed E-state index contributed by atoms with van der Waals surface area (Å²) < 4.78 is 9.96. The Morgan fingerprint density at radius 2 is 1.81 bits per heavy atom. The zero-order valence-electron chi connectivity index (χ0n) is 15.0. The zero-order valence-corrected chi connectivity index (χ0v) is 15.0. The van der Waals surface area contributed by atoms with Gasteiger partial charge >= 0.3 is 11.9 Å². The van der Waals surface area contributed by atoms with Crippen LogP contribution in [0.1, 0.15) is 24.8 Å². The molecule has 0 amide bonds. The van der Waals surface area contributed by atoms with Gasteiger partial charge in [-0.3, -0.25) is 9.59 Å². The molecule has 4 nitrogen and oxygen atoms in total. The number of hydrogen-bond donors (Lipinski definition) is 0. The van der Waals surface area contributed by atoms with Crippen LogP contribution in [0.3, 0.4) is 0 Å². The van der Waals surface area contributed by atoms with Crippen LogP contribution in [0.5, 0.6) is 0 Å². The zero-order chi connectivity index (χ0) is 18.6. The van der Waals surface area contributed by atoms with Crippen molar-refractivity contribution in [1.82, 2.24) is 0 Å².